The summed E-state index contributed by atoms with van der Waals surface area (Å²) in [4.78, 5) is 11.5. The summed E-state index contributed by atoms with van der Waals surface area (Å²) < 4.78 is 0.668. The Labute approximate surface area is 102 Å². The Morgan fingerprint density at radius 1 is 1.44 bits per heavy atom. The van der Waals surface area contributed by atoms with Crippen LogP contribution in [0.25, 0.3) is 11.2 Å². The molecular weight excluding hydrogens is 270 g/mol. The number of aromatic amines is 1. The van der Waals surface area contributed by atoms with Crippen molar-refractivity contribution in [2.24, 2.45) is 5.41 Å². The second kappa shape index (κ2) is 3.82. The predicted octanol–water partition coefficient (Wildman–Crippen LogP) is 2.80. The zero-order chi connectivity index (χ0) is 11.9. The van der Waals surface area contributed by atoms with E-state index in [9.17, 15) is 5.11 Å². The Hall–Kier alpha value is -0.940. The first kappa shape index (κ1) is 11.5. The van der Waals surface area contributed by atoms with Crippen molar-refractivity contribution in [3.05, 3.63) is 22.6 Å². The van der Waals surface area contributed by atoms with Crippen LogP contribution in [0.3, 0.4) is 0 Å². The van der Waals surface area contributed by atoms with Gasteiger partial charge in [0.05, 0.1) is 12.3 Å². The molecule has 0 aliphatic heterocycles. The van der Waals surface area contributed by atoms with Crippen molar-refractivity contribution in [1.82, 2.24) is 15.0 Å². The summed E-state index contributed by atoms with van der Waals surface area (Å²) in [7, 11) is 0. The summed E-state index contributed by atoms with van der Waals surface area (Å²) in [5.41, 5.74) is 1.98. The lowest BCUT2D eigenvalue weighted by Gasteiger charge is -2.25. The quantitative estimate of drug-likeness (QED) is 0.846. The van der Waals surface area contributed by atoms with Gasteiger partial charge in [0.25, 0.3) is 0 Å². The number of hydrogen-bond acceptors (Lipinski definition) is 3. The van der Waals surface area contributed by atoms with Gasteiger partial charge in [-0.1, -0.05) is 20.8 Å². The van der Waals surface area contributed by atoms with Crippen LogP contribution in [-0.2, 0) is 0 Å². The van der Waals surface area contributed by atoms with Crippen LogP contribution in [0.4, 0.5) is 0 Å². The minimum Gasteiger partial charge on any atom is -0.388 e. The summed E-state index contributed by atoms with van der Waals surface area (Å²) in [6.07, 6.45) is 2.84. The van der Waals surface area contributed by atoms with Gasteiger partial charge in [0.2, 0.25) is 0 Å². The van der Waals surface area contributed by atoms with Gasteiger partial charge in [0, 0.05) is 11.8 Å². The van der Waals surface area contributed by atoms with Crippen LogP contribution >= 0.6 is 15.9 Å². The van der Waals surface area contributed by atoms with E-state index in [-0.39, 0.29) is 5.41 Å². The molecule has 2 aromatic rings. The molecule has 1 unspecified atom stereocenters. The maximum Gasteiger partial charge on any atom is 0.156 e. The van der Waals surface area contributed by atoms with E-state index in [4.69, 9.17) is 0 Å². The highest BCUT2D eigenvalue weighted by Crippen LogP contribution is 2.35. The van der Waals surface area contributed by atoms with E-state index in [0.717, 1.165) is 11.1 Å². The third-order valence-electron chi connectivity index (χ3n) is 2.50. The first-order valence-electron chi connectivity index (χ1n) is 5.07. The van der Waals surface area contributed by atoms with Crippen LogP contribution in [0, 0.1) is 5.41 Å². The van der Waals surface area contributed by atoms with Gasteiger partial charge in [-0.3, -0.25) is 0 Å². The minimum atomic E-state index is -0.565. The maximum absolute atomic E-state index is 10.2. The maximum atomic E-state index is 10.2. The minimum absolute atomic E-state index is 0.223. The van der Waals surface area contributed by atoms with E-state index in [0.29, 0.717) is 10.3 Å². The molecule has 0 bridgehead atoms. The number of fused-ring (bicyclic) bond motifs is 1. The van der Waals surface area contributed by atoms with Gasteiger partial charge in [-0.2, -0.15) is 0 Å². The molecule has 5 heteroatoms. The molecule has 0 aliphatic rings. The van der Waals surface area contributed by atoms with Gasteiger partial charge < -0.3 is 10.1 Å². The number of aliphatic hydroxyl groups is 1. The van der Waals surface area contributed by atoms with E-state index in [2.05, 4.69) is 30.9 Å². The molecule has 86 valence electrons. The smallest absolute Gasteiger partial charge is 0.156 e. The third-order valence-corrected chi connectivity index (χ3v) is 2.88. The molecule has 0 saturated carbocycles. The first-order chi connectivity index (χ1) is 7.39. The molecule has 2 heterocycles. The fourth-order valence-corrected chi connectivity index (χ4v) is 1.84. The number of nitrogens with zero attached hydrogens (tertiary/aromatic N) is 2. The second-order valence-corrected chi connectivity index (χ2v) is 5.71. The number of aromatic nitrogens is 3. The lowest BCUT2D eigenvalue weighted by atomic mass is 9.85. The van der Waals surface area contributed by atoms with E-state index in [1.165, 1.54) is 0 Å². The summed E-state index contributed by atoms with van der Waals surface area (Å²) in [5.74, 6) is 0. The second-order valence-electron chi connectivity index (χ2n) is 4.90. The van der Waals surface area contributed by atoms with Gasteiger partial charge in [-0.05, 0) is 21.3 Å². The number of H-pyrrole nitrogens is 1. The summed E-state index contributed by atoms with van der Waals surface area (Å²) >= 11 is 3.28. The van der Waals surface area contributed by atoms with Crippen LogP contribution in [0.1, 0.15) is 32.4 Å². The van der Waals surface area contributed by atoms with Crippen LogP contribution in [0.5, 0.6) is 0 Å². The number of halogens is 1. The molecule has 2 N–H and O–H groups in total. The van der Waals surface area contributed by atoms with Gasteiger partial charge in [-0.15, -0.1) is 0 Å². The Morgan fingerprint density at radius 3 is 2.75 bits per heavy atom. The van der Waals surface area contributed by atoms with Crippen LogP contribution in [0.2, 0.25) is 0 Å². The van der Waals surface area contributed by atoms with Crippen LogP contribution < -0.4 is 0 Å². The zero-order valence-corrected chi connectivity index (χ0v) is 11.0. The number of hydrogen-bond donors (Lipinski definition) is 2. The predicted molar refractivity (Wildman–Crippen MR) is 66.0 cm³/mol. The first-order valence-corrected chi connectivity index (χ1v) is 5.86. The van der Waals surface area contributed by atoms with E-state index in [1.807, 2.05) is 20.8 Å². The fourth-order valence-electron chi connectivity index (χ4n) is 1.56. The van der Waals surface area contributed by atoms with E-state index in [1.54, 1.807) is 12.4 Å². The van der Waals surface area contributed by atoms with E-state index < -0.39 is 6.10 Å². The lowest BCUT2D eigenvalue weighted by molar-refractivity contribution is 0.0638. The molecule has 0 aromatic carbocycles. The average molecular weight is 284 g/mol. The highest BCUT2D eigenvalue weighted by molar-refractivity contribution is 9.10. The van der Waals surface area contributed by atoms with Crippen molar-refractivity contribution >= 4 is 27.1 Å². The fraction of sp³-hybridized carbons (Fsp3) is 0.455. The van der Waals surface area contributed by atoms with Crippen molar-refractivity contribution < 1.29 is 5.11 Å². The van der Waals surface area contributed by atoms with Crippen molar-refractivity contribution in [3.8, 4) is 0 Å². The molecule has 0 amide bonds. The number of aliphatic hydroxyl groups excluding tert-OH is 1. The monoisotopic (exact) mass is 283 g/mol. The highest BCUT2D eigenvalue weighted by Gasteiger charge is 2.27. The summed E-state index contributed by atoms with van der Waals surface area (Å²) in [6, 6.07) is 0. The van der Waals surface area contributed by atoms with Gasteiger partial charge in [0.1, 0.15) is 10.1 Å². The number of nitrogens with one attached hydrogen (secondary N) is 1. The standard InChI is InChI=1S/C11H14BrN3O/c1-11(2,3)9(16)6-4-13-10-8(6)15-7(12)5-14-10/h4-5,9,16H,1-3H3,(H,13,14). The highest BCUT2D eigenvalue weighted by atomic mass is 79.9. The van der Waals surface area contributed by atoms with Crippen molar-refractivity contribution in [2.75, 3.05) is 0 Å². The molecule has 0 fully saturated rings. The Morgan fingerprint density at radius 2 is 2.12 bits per heavy atom. The van der Waals surface area contributed by atoms with Crippen molar-refractivity contribution in [2.45, 2.75) is 26.9 Å². The Bertz CT molecular complexity index is 515. The molecule has 0 spiro atoms. The average Bonchev–Trinajstić information content (AvgIpc) is 2.57. The van der Waals surface area contributed by atoms with E-state index >= 15 is 0 Å². The van der Waals surface area contributed by atoms with Gasteiger partial charge >= 0.3 is 0 Å². The summed E-state index contributed by atoms with van der Waals surface area (Å²) in [6.45, 7) is 5.96. The SMILES string of the molecule is CC(C)(C)C(O)c1c[nH]c2ncc(Br)nc12. The summed E-state index contributed by atoms with van der Waals surface area (Å²) in [5, 5.41) is 10.2. The molecule has 2 rings (SSSR count). The molecule has 0 radical (unpaired) electrons. The van der Waals surface area contributed by atoms with Gasteiger partial charge in [0.15, 0.2) is 5.65 Å². The molecule has 4 nitrogen and oxygen atoms in total. The Balaban J connectivity index is 2.57. The van der Waals surface area contributed by atoms with Crippen LogP contribution in [-0.4, -0.2) is 20.1 Å². The van der Waals surface area contributed by atoms with Crippen LogP contribution in [0.15, 0.2) is 17.0 Å². The Kier molecular flexibility index (Phi) is 2.75. The lowest BCUT2D eigenvalue weighted by Crippen LogP contribution is -2.17. The topological polar surface area (TPSA) is 61.8 Å². The molecule has 2 aromatic heterocycles. The largest absolute Gasteiger partial charge is 0.388 e. The molecule has 0 saturated heterocycles. The molecule has 1 atom stereocenters. The molecular formula is C11H14BrN3O. The van der Waals surface area contributed by atoms with Crippen molar-refractivity contribution in [1.29, 1.82) is 0 Å². The molecule has 16 heavy (non-hydrogen) atoms. The normalized spacial score (nSPS) is 14.3. The number of rotatable bonds is 1. The zero-order valence-electron chi connectivity index (χ0n) is 9.45. The van der Waals surface area contributed by atoms with Crippen molar-refractivity contribution in [3.63, 3.8) is 0 Å². The molecule has 0 aliphatic carbocycles. The third kappa shape index (κ3) is 1.97. The van der Waals surface area contributed by atoms with Gasteiger partial charge in [-0.25, -0.2) is 9.97 Å².